The van der Waals surface area contributed by atoms with Crippen LogP contribution in [0.25, 0.3) is 0 Å². The molecule has 1 heterocycles. The minimum absolute atomic E-state index is 0.0127. The van der Waals surface area contributed by atoms with Gasteiger partial charge in [-0.1, -0.05) is 6.42 Å². The first kappa shape index (κ1) is 19.7. The standard InChI is InChI=1S/C20H32N4O3/c1-4-26-17-13-16(20(17)9-6-10-20)23-19(22-14-18(25)24(2)3)21-11-8-15-7-5-12-27-15/h5,7,12,16-17H,4,6,8-11,13-14H2,1-3H3,(H2,21,22,23). The first-order valence-corrected chi connectivity index (χ1v) is 9.94. The Morgan fingerprint density at radius 3 is 2.85 bits per heavy atom. The molecule has 2 saturated carbocycles. The number of furan rings is 1. The van der Waals surface area contributed by atoms with Gasteiger partial charge in [-0.25, -0.2) is 4.99 Å². The van der Waals surface area contributed by atoms with Crippen molar-refractivity contribution < 1.29 is 13.9 Å². The lowest BCUT2D eigenvalue weighted by molar-refractivity contribution is -0.168. The maximum atomic E-state index is 11.9. The quantitative estimate of drug-likeness (QED) is 0.534. The number of amides is 1. The molecule has 1 amide bonds. The van der Waals surface area contributed by atoms with E-state index < -0.39 is 0 Å². The summed E-state index contributed by atoms with van der Waals surface area (Å²) in [4.78, 5) is 18.0. The van der Waals surface area contributed by atoms with Crippen LogP contribution in [-0.2, 0) is 16.0 Å². The molecular weight excluding hydrogens is 344 g/mol. The predicted octanol–water partition coefficient (Wildman–Crippen LogP) is 1.79. The van der Waals surface area contributed by atoms with E-state index >= 15 is 0 Å². The number of nitrogens with one attached hydrogen (secondary N) is 2. The summed E-state index contributed by atoms with van der Waals surface area (Å²) in [5.41, 5.74) is 0.241. The Kier molecular flexibility index (Phi) is 6.42. The zero-order chi connectivity index (χ0) is 19.3. The largest absolute Gasteiger partial charge is 0.469 e. The minimum atomic E-state index is -0.0127. The first-order valence-electron chi connectivity index (χ1n) is 9.94. The van der Waals surface area contributed by atoms with Crippen LogP contribution < -0.4 is 10.6 Å². The second-order valence-corrected chi connectivity index (χ2v) is 7.67. The Morgan fingerprint density at radius 2 is 2.26 bits per heavy atom. The summed E-state index contributed by atoms with van der Waals surface area (Å²) in [6.45, 7) is 3.66. The van der Waals surface area contributed by atoms with Gasteiger partial charge in [0.25, 0.3) is 0 Å². The van der Waals surface area contributed by atoms with Gasteiger partial charge >= 0.3 is 0 Å². The van der Waals surface area contributed by atoms with Crippen molar-refractivity contribution in [3.8, 4) is 0 Å². The Morgan fingerprint density at radius 1 is 1.44 bits per heavy atom. The molecule has 2 unspecified atom stereocenters. The van der Waals surface area contributed by atoms with Crippen molar-refractivity contribution in [2.45, 2.75) is 51.2 Å². The predicted molar refractivity (Wildman–Crippen MR) is 105 cm³/mol. The molecule has 2 aliphatic carbocycles. The van der Waals surface area contributed by atoms with Crippen LogP contribution in [0, 0.1) is 5.41 Å². The van der Waals surface area contributed by atoms with Crippen molar-refractivity contribution in [2.75, 3.05) is 33.8 Å². The van der Waals surface area contributed by atoms with Crippen LogP contribution in [0.15, 0.2) is 27.8 Å². The lowest BCUT2D eigenvalue weighted by Gasteiger charge is -2.61. The van der Waals surface area contributed by atoms with E-state index in [1.807, 2.05) is 12.1 Å². The first-order chi connectivity index (χ1) is 13.0. The van der Waals surface area contributed by atoms with Gasteiger partial charge in [-0.3, -0.25) is 4.79 Å². The van der Waals surface area contributed by atoms with Crippen LogP contribution >= 0.6 is 0 Å². The number of rotatable bonds is 8. The molecule has 0 radical (unpaired) electrons. The van der Waals surface area contributed by atoms with Gasteiger partial charge in [-0.15, -0.1) is 0 Å². The highest BCUT2D eigenvalue weighted by Gasteiger charge is 2.59. The summed E-state index contributed by atoms with van der Waals surface area (Å²) >= 11 is 0. The number of aliphatic imine (C=N–C) groups is 1. The van der Waals surface area contributed by atoms with E-state index in [-0.39, 0.29) is 17.9 Å². The normalized spacial score (nSPS) is 23.4. The highest BCUT2D eigenvalue weighted by molar-refractivity contribution is 5.85. The Labute approximate surface area is 161 Å². The van der Waals surface area contributed by atoms with Crippen LogP contribution in [0.1, 0.15) is 38.4 Å². The summed E-state index contributed by atoms with van der Waals surface area (Å²) in [6.07, 6.45) is 7.46. The van der Waals surface area contributed by atoms with Crippen molar-refractivity contribution in [1.29, 1.82) is 0 Å². The molecule has 3 rings (SSSR count). The minimum Gasteiger partial charge on any atom is -0.469 e. The lowest BCUT2D eigenvalue weighted by Crippen LogP contribution is -2.68. The highest BCUT2D eigenvalue weighted by atomic mass is 16.5. The molecule has 0 aromatic carbocycles. The summed E-state index contributed by atoms with van der Waals surface area (Å²) in [6, 6.07) is 4.21. The summed E-state index contributed by atoms with van der Waals surface area (Å²) in [5.74, 6) is 1.62. The third-order valence-corrected chi connectivity index (χ3v) is 5.86. The molecule has 0 bridgehead atoms. The molecule has 1 aromatic rings. The van der Waals surface area contributed by atoms with Gasteiger partial charge in [0.05, 0.1) is 12.4 Å². The number of carbonyl (C=O) groups is 1. The van der Waals surface area contributed by atoms with E-state index in [2.05, 4.69) is 22.5 Å². The number of hydrogen-bond donors (Lipinski definition) is 2. The average Bonchev–Trinajstić information content (AvgIpc) is 3.09. The van der Waals surface area contributed by atoms with Crippen molar-refractivity contribution in [1.82, 2.24) is 15.5 Å². The van der Waals surface area contributed by atoms with Gasteiger partial charge in [0.15, 0.2) is 5.96 Å². The third kappa shape index (κ3) is 4.46. The topological polar surface area (TPSA) is 79.1 Å². The zero-order valence-electron chi connectivity index (χ0n) is 16.7. The molecule has 0 aliphatic heterocycles. The fourth-order valence-corrected chi connectivity index (χ4v) is 4.01. The fourth-order valence-electron chi connectivity index (χ4n) is 4.01. The van der Waals surface area contributed by atoms with Crippen molar-refractivity contribution in [3.05, 3.63) is 24.2 Å². The number of ether oxygens (including phenoxy) is 1. The average molecular weight is 377 g/mol. The molecule has 2 fully saturated rings. The van der Waals surface area contributed by atoms with Crippen LogP contribution in [0.5, 0.6) is 0 Å². The number of guanidine groups is 1. The zero-order valence-corrected chi connectivity index (χ0v) is 16.7. The highest BCUT2D eigenvalue weighted by Crippen LogP contribution is 2.57. The van der Waals surface area contributed by atoms with Crippen molar-refractivity contribution in [3.63, 3.8) is 0 Å². The van der Waals surface area contributed by atoms with Gasteiger partial charge in [-0.2, -0.15) is 0 Å². The number of nitrogens with zero attached hydrogens (tertiary/aromatic N) is 2. The maximum Gasteiger partial charge on any atom is 0.243 e. The van der Waals surface area contributed by atoms with E-state index in [4.69, 9.17) is 9.15 Å². The molecule has 2 aliphatic rings. The lowest BCUT2D eigenvalue weighted by atomic mass is 9.51. The molecule has 7 nitrogen and oxygen atoms in total. The summed E-state index contributed by atoms with van der Waals surface area (Å²) < 4.78 is 11.3. The Balaban J connectivity index is 1.59. The third-order valence-electron chi connectivity index (χ3n) is 5.86. The van der Waals surface area contributed by atoms with Crippen LogP contribution in [-0.4, -0.2) is 62.7 Å². The van der Waals surface area contributed by atoms with E-state index in [1.54, 1.807) is 25.3 Å². The Bertz CT molecular complexity index is 638. The number of hydrogen-bond acceptors (Lipinski definition) is 4. The monoisotopic (exact) mass is 376 g/mol. The smallest absolute Gasteiger partial charge is 0.243 e. The molecule has 150 valence electrons. The number of likely N-dealkylation sites (N-methyl/N-ethyl adjacent to an activating group) is 1. The summed E-state index contributed by atoms with van der Waals surface area (Å²) in [5, 5.41) is 6.92. The van der Waals surface area contributed by atoms with E-state index in [0.717, 1.165) is 25.2 Å². The second-order valence-electron chi connectivity index (χ2n) is 7.67. The van der Waals surface area contributed by atoms with Gasteiger partial charge < -0.3 is 24.7 Å². The molecule has 2 atom stereocenters. The molecule has 0 saturated heterocycles. The summed E-state index contributed by atoms with van der Waals surface area (Å²) in [7, 11) is 3.49. The molecular formula is C20H32N4O3. The fraction of sp³-hybridized carbons (Fsp3) is 0.700. The molecule has 2 N–H and O–H groups in total. The van der Waals surface area contributed by atoms with Gasteiger partial charge in [0, 0.05) is 45.1 Å². The van der Waals surface area contributed by atoms with Crippen molar-refractivity contribution >= 4 is 11.9 Å². The van der Waals surface area contributed by atoms with E-state index in [9.17, 15) is 4.79 Å². The SMILES string of the molecule is CCOC1CC(NC(=NCC(=O)N(C)C)NCCc2ccco2)C12CCC2. The number of carbonyl (C=O) groups excluding carboxylic acids is 1. The Hall–Kier alpha value is -2.02. The molecule has 7 heteroatoms. The maximum absolute atomic E-state index is 11.9. The van der Waals surface area contributed by atoms with Gasteiger partial charge in [0.1, 0.15) is 12.3 Å². The van der Waals surface area contributed by atoms with Crippen molar-refractivity contribution in [2.24, 2.45) is 10.4 Å². The van der Waals surface area contributed by atoms with Crippen LogP contribution in [0.3, 0.4) is 0 Å². The van der Waals surface area contributed by atoms with Crippen LogP contribution in [0.2, 0.25) is 0 Å². The molecule has 27 heavy (non-hydrogen) atoms. The van der Waals surface area contributed by atoms with E-state index in [0.29, 0.717) is 24.7 Å². The molecule has 1 aromatic heterocycles. The second kappa shape index (κ2) is 8.78. The van der Waals surface area contributed by atoms with Gasteiger partial charge in [0.2, 0.25) is 5.91 Å². The van der Waals surface area contributed by atoms with Crippen LogP contribution in [0.4, 0.5) is 0 Å². The van der Waals surface area contributed by atoms with E-state index in [1.165, 1.54) is 19.3 Å². The molecule has 1 spiro atoms. The van der Waals surface area contributed by atoms with Gasteiger partial charge in [-0.05, 0) is 38.3 Å².